The van der Waals surface area contributed by atoms with E-state index in [2.05, 4.69) is 37.5 Å². The fraction of sp³-hybridized carbons (Fsp3) is 0.556. The number of carbonyl (C=O) groups is 2. The Morgan fingerprint density at radius 2 is 1.07 bits per heavy atom. The lowest BCUT2D eigenvalue weighted by Gasteiger charge is -2.24. The summed E-state index contributed by atoms with van der Waals surface area (Å²) in [5, 5.41) is 2.25. The third-order valence-electron chi connectivity index (χ3n) is 4.25. The molecule has 1 aliphatic heterocycles. The molecule has 0 unspecified atom stereocenters. The molecule has 0 radical (unpaired) electrons. The molecule has 0 saturated heterocycles. The van der Waals surface area contributed by atoms with Gasteiger partial charge < -0.3 is 19.3 Å². The van der Waals surface area contributed by atoms with Gasteiger partial charge in [0.25, 0.3) is 0 Å². The molecule has 0 amide bonds. The Hall–Kier alpha value is -1.32. The summed E-state index contributed by atoms with van der Waals surface area (Å²) in [6.45, 7) is 11.9. The molecular formula is C18H26N2O4S3. The van der Waals surface area contributed by atoms with E-state index in [-0.39, 0.29) is 0 Å². The van der Waals surface area contributed by atoms with E-state index < -0.39 is 11.9 Å². The van der Waals surface area contributed by atoms with Crippen LogP contribution in [0.4, 0.5) is 10.0 Å². The first-order chi connectivity index (χ1) is 13.0. The molecule has 150 valence electrons. The molecule has 6 nitrogen and oxygen atoms in total. The summed E-state index contributed by atoms with van der Waals surface area (Å²) in [6.07, 6.45) is 0. The Balaban J connectivity index is 2.66. The van der Waals surface area contributed by atoms with Crippen LogP contribution < -0.4 is 9.80 Å². The molecule has 0 bridgehead atoms. The van der Waals surface area contributed by atoms with Crippen molar-refractivity contribution in [3.63, 3.8) is 0 Å². The number of thiophene rings is 1. The van der Waals surface area contributed by atoms with Crippen LogP contribution in [0.5, 0.6) is 0 Å². The molecular weight excluding hydrogens is 404 g/mol. The normalized spacial score (nSPS) is 13.3. The first-order valence-electron chi connectivity index (χ1n) is 8.90. The van der Waals surface area contributed by atoms with Crippen molar-refractivity contribution < 1.29 is 19.1 Å². The van der Waals surface area contributed by atoms with Crippen molar-refractivity contribution in [3.05, 3.63) is 9.81 Å². The van der Waals surface area contributed by atoms with E-state index in [0.29, 0.717) is 9.81 Å². The summed E-state index contributed by atoms with van der Waals surface area (Å²) < 4.78 is 9.84. The van der Waals surface area contributed by atoms with Gasteiger partial charge in [-0.25, -0.2) is 9.59 Å². The highest BCUT2D eigenvalue weighted by Gasteiger charge is 2.36. The predicted molar refractivity (Wildman–Crippen MR) is 114 cm³/mol. The van der Waals surface area contributed by atoms with Crippen molar-refractivity contribution in [2.75, 3.05) is 50.2 Å². The molecule has 1 aromatic heterocycles. The van der Waals surface area contributed by atoms with E-state index >= 15 is 0 Å². The maximum Gasteiger partial charge on any atom is 0.346 e. The van der Waals surface area contributed by atoms with Gasteiger partial charge in [0.05, 0.1) is 24.0 Å². The number of hydrogen-bond donors (Lipinski definition) is 0. The number of fused-ring (bicyclic) bond motifs is 1. The Labute approximate surface area is 173 Å². The zero-order valence-electron chi connectivity index (χ0n) is 16.6. The molecule has 0 N–H and O–H groups in total. The number of ether oxygens (including phenoxy) is 2. The summed E-state index contributed by atoms with van der Waals surface area (Å²) in [5.41, 5.74) is 0. The Morgan fingerprint density at radius 3 is 1.33 bits per heavy atom. The lowest BCUT2D eigenvalue weighted by atomic mass is 10.4. The molecule has 0 aliphatic carbocycles. The molecule has 0 aromatic carbocycles. The second-order valence-electron chi connectivity index (χ2n) is 5.56. The fourth-order valence-corrected chi connectivity index (χ4v) is 7.13. The van der Waals surface area contributed by atoms with Gasteiger partial charge in [0.1, 0.15) is 19.8 Å². The molecule has 0 fully saturated rings. The number of nitrogens with zero attached hydrogens (tertiary/aromatic N) is 2. The number of thioether (sulfide) groups is 2. The molecule has 1 aliphatic rings. The van der Waals surface area contributed by atoms with Gasteiger partial charge in [0.15, 0.2) is 0 Å². The summed E-state index contributed by atoms with van der Waals surface area (Å²) in [6, 6.07) is 0. The van der Waals surface area contributed by atoms with Crippen molar-refractivity contribution in [2.24, 2.45) is 0 Å². The number of rotatable bonds is 8. The highest BCUT2D eigenvalue weighted by atomic mass is 32.2. The van der Waals surface area contributed by atoms with Crippen molar-refractivity contribution in [1.82, 2.24) is 0 Å². The van der Waals surface area contributed by atoms with Crippen LogP contribution in [0.2, 0.25) is 0 Å². The van der Waals surface area contributed by atoms with E-state index in [4.69, 9.17) is 9.47 Å². The average Bonchev–Trinajstić information content (AvgIpc) is 3.06. The number of carbonyl (C=O) groups excluding carboxylic acids is 2. The summed E-state index contributed by atoms with van der Waals surface area (Å²) in [4.78, 5) is 31.9. The number of hydrogen-bond acceptors (Lipinski definition) is 9. The second kappa shape index (κ2) is 9.75. The monoisotopic (exact) mass is 430 g/mol. The van der Waals surface area contributed by atoms with Crippen LogP contribution in [0.3, 0.4) is 0 Å². The van der Waals surface area contributed by atoms with Crippen LogP contribution in [0.1, 0.15) is 27.7 Å². The van der Waals surface area contributed by atoms with E-state index in [1.165, 1.54) is 37.7 Å². The van der Waals surface area contributed by atoms with Gasteiger partial charge in [0, 0.05) is 26.2 Å². The highest BCUT2D eigenvalue weighted by molar-refractivity contribution is 8.11. The molecule has 1 aromatic rings. The summed E-state index contributed by atoms with van der Waals surface area (Å²) in [7, 11) is 2.65. The second-order valence-corrected chi connectivity index (χ2v) is 8.58. The third-order valence-corrected chi connectivity index (χ3v) is 8.43. The van der Waals surface area contributed by atoms with E-state index in [0.717, 1.165) is 46.0 Å². The number of esters is 2. The third kappa shape index (κ3) is 4.25. The zero-order valence-corrected chi connectivity index (χ0v) is 19.0. The fourth-order valence-electron chi connectivity index (χ4n) is 2.75. The first kappa shape index (κ1) is 22.0. The molecule has 2 rings (SSSR count). The SMILES string of the molecule is CCN(CC)c1sc(N(CC)CC)c2c1SC(C(=O)OC)=C(C(=O)OC)S2. The van der Waals surface area contributed by atoms with Crippen LogP contribution in [-0.4, -0.2) is 52.3 Å². The molecule has 0 spiro atoms. The lowest BCUT2D eigenvalue weighted by molar-refractivity contribution is -0.138. The van der Waals surface area contributed by atoms with Gasteiger partial charge in [0.2, 0.25) is 0 Å². The molecule has 9 heteroatoms. The van der Waals surface area contributed by atoms with Gasteiger partial charge in [-0.15, -0.1) is 0 Å². The zero-order chi connectivity index (χ0) is 20.1. The Kier molecular flexibility index (Phi) is 7.93. The minimum Gasteiger partial charge on any atom is -0.465 e. The predicted octanol–water partition coefficient (Wildman–Crippen LogP) is 4.20. The van der Waals surface area contributed by atoms with Crippen molar-refractivity contribution in [2.45, 2.75) is 37.5 Å². The van der Waals surface area contributed by atoms with Crippen LogP contribution in [0, 0.1) is 0 Å². The molecule has 0 atom stereocenters. The molecule has 27 heavy (non-hydrogen) atoms. The van der Waals surface area contributed by atoms with Gasteiger partial charge in [-0.3, -0.25) is 0 Å². The quantitative estimate of drug-likeness (QED) is 0.569. The van der Waals surface area contributed by atoms with Crippen LogP contribution >= 0.6 is 34.9 Å². The minimum atomic E-state index is -0.514. The van der Waals surface area contributed by atoms with Crippen LogP contribution in [-0.2, 0) is 19.1 Å². The van der Waals surface area contributed by atoms with E-state index in [9.17, 15) is 9.59 Å². The van der Waals surface area contributed by atoms with Crippen molar-refractivity contribution in [3.8, 4) is 0 Å². The standard InChI is InChI=1S/C18H26N2O4S3/c1-7-19(8-2)15-11-12(16(27-15)20(9-3)10-4)26-14(18(22)24-6)13(25-11)17(21)23-5/h7-10H2,1-6H3. The van der Waals surface area contributed by atoms with Crippen LogP contribution in [0.15, 0.2) is 19.6 Å². The number of methoxy groups -OCH3 is 2. The average molecular weight is 431 g/mol. The summed E-state index contributed by atoms with van der Waals surface area (Å²) in [5.74, 6) is -1.03. The van der Waals surface area contributed by atoms with Crippen molar-refractivity contribution in [1.29, 1.82) is 0 Å². The van der Waals surface area contributed by atoms with Crippen LogP contribution in [0.25, 0.3) is 0 Å². The van der Waals surface area contributed by atoms with Crippen molar-refractivity contribution >= 4 is 56.8 Å². The van der Waals surface area contributed by atoms with Gasteiger partial charge in [-0.2, -0.15) is 0 Å². The van der Waals surface area contributed by atoms with Gasteiger partial charge >= 0.3 is 11.9 Å². The first-order valence-corrected chi connectivity index (χ1v) is 11.3. The number of anilines is 2. The topological polar surface area (TPSA) is 59.1 Å². The lowest BCUT2D eigenvalue weighted by Crippen LogP contribution is -2.21. The smallest absolute Gasteiger partial charge is 0.346 e. The minimum absolute atomic E-state index is 0.291. The van der Waals surface area contributed by atoms with Gasteiger partial charge in [-0.1, -0.05) is 34.9 Å². The molecule has 2 heterocycles. The maximum atomic E-state index is 12.3. The highest BCUT2D eigenvalue weighted by Crippen LogP contribution is 2.59. The largest absolute Gasteiger partial charge is 0.465 e. The van der Waals surface area contributed by atoms with Gasteiger partial charge in [-0.05, 0) is 27.7 Å². The maximum absolute atomic E-state index is 12.3. The Morgan fingerprint density at radius 1 is 0.741 bits per heavy atom. The van der Waals surface area contributed by atoms with E-state index in [1.54, 1.807) is 11.3 Å². The van der Waals surface area contributed by atoms with E-state index in [1.807, 2.05) is 0 Å². The summed E-state index contributed by atoms with van der Waals surface area (Å²) >= 11 is 4.34. The molecule has 0 saturated carbocycles. The Bertz CT molecular complexity index is 679.